The maximum absolute atomic E-state index is 7.40. The van der Waals surface area contributed by atoms with Gasteiger partial charge in [-0.2, -0.15) is 0 Å². The van der Waals surface area contributed by atoms with Crippen molar-refractivity contribution >= 4 is 8.32 Å². The van der Waals surface area contributed by atoms with Gasteiger partial charge in [-0.05, 0) is 32.5 Å². The van der Waals surface area contributed by atoms with E-state index in [9.17, 15) is 0 Å². The molecular formula is C13H27NO3Si. The van der Waals surface area contributed by atoms with E-state index >= 15 is 0 Å². The Morgan fingerprint density at radius 2 is 1.56 bits per heavy atom. The van der Waals surface area contributed by atoms with Crippen molar-refractivity contribution < 1.29 is 13.9 Å². The van der Waals surface area contributed by atoms with Crippen molar-refractivity contribution in [2.24, 2.45) is 0 Å². The number of hydrogen-bond donors (Lipinski definition) is 0. The van der Waals surface area contributed by atoms with E-state index in [-0.39, 0.29) is 0 Å². The molecule has 0 fully saturated rings. The number of nitrogens with zero attached hydrogens (tertiary/aromatic N) is 1. The van der Waals surface area contributed by atoms with Crippen molar-refractivity contribution in [1.82, 2.24) is 0 Å². The largest absolute Gasteiger partial charge is 0.376 e. The van der Waals surface area contributed by atoms with Gasteiger partial charge in [0.25, 0.3) is 6.29 Å². The molecule has 0 aromatic rings. The summed E-state index contributed by atoms with van der Waals surface area (Å²) in [5.41, 5.74) is -1.05. The van der Waals surface area contributed by atoms with Gasteiger partial charge < -0.3 is 13.9 Å². The van der Waals surface area contributed by atoms with Crippen LogP contribution in [0.2, 0.25) is 19.6 Å². The van der Waals surface area contributed by atoms with E-state index < -0.39 is 20.3 Å². The van der Waals surface area contributed by atoms with Gasteiger partial charge in [0.05, 0.1) is 0 Å². The van der Waals surface area contributed by atoms with E-state index in [1.54, 1.807) is 6.92 Å². The summed E-state index contributed by atoms with van der Waals surface area (Å²) in [4.78, 5) is 3.62. The Hall–Kier alpha value is -0.413. The SMILES string of the molecule is [C-]#[N+]C(C)(O[Si](C)(C)C)C(OCCC)OCCC. The first kappa shape index (κ1) is 17.6. The lowest BCUT2D eigenvalue weighted by Crippen LogP contribution is -2.49. The summed E-state index contributed by atoms with van der Waals surface area (Å²) in [6, 6.07) is 0. The Labute approximate surface area is 113 Å². The van der Waals surface area contributed by atoms with Crippen LogP contribution >= 0.6 is 0 Å². The minimum Gasteiger partial charge on any atom is -0.347 e. The van der Waals surface area contributed by atoms with Gasteiger partial charge in [-0.1, -0.05) is 13.8 Å². The van der Waals surface area contributed by atoms with Crippen LogP contribution in [0.5, 0.6) is 0 Å². The van der Waals surface area contributed by atoms with Crippen LogP contribution < -0.4 is 0 Å². The molecule has 0 amide bonds. The summed E-state index contributed by atoms with van der Waals surface area (Å²) >= 11 is 0. The Kier molecular flexibility index (Phi) is 7.72. The Balaban J connectivity index is 4.82. The zero-order valence-corrected chi connectivity index (χ0v) is 13.6. The molecule has 4 nitrogen and oxygen atoms in total. The molecule has 0 rings (SSSR count). The molecule has 1 unspecified atom stereocenters. The molecule has 0 aromatic heterocycles. The maximum Gasteiger partial charge on any atom is 0.376 e. The third-order valence-corrected chi connectivity index (χ3v) is 3.14. The predicted octanol–water partition coefficient (Wildman–Crippen LogP) is 3.65. The van der Waals surface area contributed by atoms with Crippen molar-refractivity contribution in [2.45, 2.75) is 65.3 Å². The molecule has 0 bridgehead atoms. The Morgan fingerprint density at radius 3 is 1.83 bits per heavy atom. The van der Waals surface area contributed by atoms with Crippen LogP contribution in [0.25, 0.3) is 4.85 Å². The average molecular weight is 273 g/mol. The lowest BCUT2D eigenvalue weighted by Gasteiger charge is -2.31. The molecule has 0 saturated carbocycles. The second-order valence-corrected chi connectivity index (χ2v) is 9.88. The lowest BCUT2D eigenvalue weighted by molar-refractivity contribution is -0.211. The molecule has 0 N–H and O–H groups in total. The first-order chi connectivity index (χ1) is 8.29. The van der Waals surface area contributed by atoms with Gasteiger partial charge >= 0.3 is 5.72 Å². The van der Waals surface area contributed by atoms with Gasteiger partial charge in [-0.25, -0.2) is 6.57 Å². The van der Waals surface area contributed by atoms with Gasteiger partial charge in [-0.15, -0.1) is 0 Å². The molecule has 0 aliphatic heterocycles. The fourth-order valence-corrected chi connectivity index (χ4v) is 2.93. The van der Waals surface area contributed by atoms with Gasteiger partial charge in [0.1, 0.15) is 0 Å². The van der Waals surface area contributed by atoms with Gasteiger partial charge in [-0.3, -0.25) is 4.85 Å². The molecule has 0 aromatic carbocycles. The highest BCUT2D eigenvalue weighted by Gasteiger charge is 2.47. The quantitative estimate of drug-likeness (QED) is 0.365. The van der Waals surface area contributed by atoms with E-state index in [4.69, 9.17) is 20.5 Å². The van der Waals surface area contributed by atoms with E-state index in [1.165, 1.54) is 0 Å². The number of rotatable bonds is 9. The Bertz CT molecular complexity index is 264. The van der Waals surface area contributed by atoms with Crippen LogP contribution in [-0.2, 0) is 13.9 Å². The predicted molar refractivity (Wildman–Crippen MR) is 75.7 cm³/mol. The van der Waals surface area contributed by atoms with Crippen molar-refractivity contribution in [3.8, 4) is 0 Å². The number of hydrogen-bond acceptors (Lipinski definition) is 3. The van der Waals surface area contributed by atoms with E-state index in [0.717, 1.165) is 12.8 Å². The van der Waals surface area contributed by atoms with Crippen LogP contribution in [0.4, 0.5) is 0 Å². The summed E-state index contributed by atoms with van der Waals surface area (Å²) in [5, 5.41) is 0. The van der Waals surface area contributed by atoms with Crippen LogP contribution in [0.1, 0.15) is 33.6 Å². The Morgan fingerprint density at radius 1 is 1.11 bits per heavy atom. The van der Waals surface area contributed by atoms with Crippen molar-refractivity contribution in [3.63, 3.8) is 0 Å². The van der Waals surface area contributed by atoms with Crippen LogP contribution in [-0.4, -0.2) is 33.5 Å². The third-order valence-electron chi connectivity index (χ3n) is 2.12. The average Bonchev–Trinajstić information content (AvgIpc) is 2.26. The van der Waals surface area contributed by atoms with E-state index in [0.29, 0.717) is 13.2 Å². The van der Waals surface area contributed by atoms with Crippen molar-refractivity contribution in [2.75, 3.05) is 13.2 Å². The molecule has 0 heterocycles. The van der Waals surface area contributed by atoms with Gasteiger partial charge in [0.2, 0.25) is 0 Å². The van der Waals surface area contributed by atoms with Gasteiger partial charge in [0.15, 0.2) is 8.32 Å². The highest BCUT2D eigenvalue weighted by atomic mass is 28.4. The minimum absolute atomic E-state index is 0.578. The minimum atomic E-state index is -1.83. The molecular weight excluding hydrogens is 246 g/mol. The standard InChI is InChI=1S/C13H27NO3Si/c1-8-10-15-12(16-11-9-2)13(3,14-4)17-18(5,6)7/h12H,8-11H2,1-3,5-7H3. The summed E-state index contributed by atoms with van der Waals surface area (Å²) in [6.07, 6.45) is 1.18. The van der Waals surface area contributed by atoms with Gasteiger partial charge in [0, 0.05) is 20.1 Å². The van der Waals surface area contributed by atoms with E-state index in [2.05, 4.69) is 24.5 Å². The first-order valence-electron chi connectivity index (χ1n) is 6.61. The van der Waals surface area contributed by atoms with Crippen LogP contribution in [0.3, 0.4) is 0 Å². The molecule has 106 valence electrons. The highest BCUT2D eigenvalue weighted by molar-refractivity contribution is 6.69. The lowest BCUT2D eigenvalue weighted by atomic mass is 10.2. The fraction of sp³-hybridized carbons (Fsp3) is 0.923. The van der Waals surface area contributed by atoms with Crippen LogP contribution in [0, 0.1) is 6.57 Å². The molecule has 5 heteroatoms. The molecule has 0 spiro atoms. The highest BCUT2D eigenvalue weighted by Crippen LogP contribution is 2.26. The second-order valence-electron chi connectivity index (χ2n) is 5.45. The summed E-state index contributed by atoms with van der Waals surface area (Å²) in [6.45, 7) is 20.6. The third kappa shape index (κ3) is 6.50. The summed E-state index contributed by atoms with van der Waals surface area (Å²) in [5.74, 6) is 0. The van der Waals surface area contributed by atoms with Crippen molar-refractivity contribution in [1.29, 1.82) is 0 Å². The fourth-order valence-electron chi connectivity index (χ4n) is 1.55. The molecule has 0 saturated heterocycles. The monoisotopic (exact) mass is 273 g/mol. The maximum atomic E-state index is 7.40. The van der Waals surface area contributed by atoms with Crippen LogP contribution in [0.15, 0.2) is 0 Å². The zero-order valence-electron chi connectivity index (χ0n) is 12.6. The summed E-state index contributed by atoms with van der Waals surface area (Å²) < 4.78 is 17.3. The molecule has 0 aliphatic carbocycles. The number of ether oxygens (including phenoxy) is 2. The topological polar surface area (TPSA) is 32.0 Å². The molecule has 0 aliphatic rings. The van der Waals surface area contributed by atoms with Crippen molar-refractivity contribution in [3.05, 3.63) is 11.4 Å². The molecule has 18 heavy (non-hydrogen) atoms. The second kappa shape index (κ2) is 7.90. The van der Waals surface area contributed by atoms with E-state index in [1.807, 2.05) is 13.8 Å². The first-order valence-corrected chi connectivity index (χ1v) is 10.0. The molecule has 1 atom stereocenters. The zero-order chi connectivity index (χ0) is 14.2. The normalized spacial score (nSPS) is 15.4. The smallest absolute Gasteiger partial charge is 0.347 e. The molecule has 0 radical (unpaired) electrons. The summed E-state index contributed by atoms with van der Waals surface area (Å²) in [7, 11) is -1.83.